The van der Waals surface area contributed by atoms with Crippen molar-refractivity contribution in [2.75, 3.05) is 7.11 Å². The van der Waals surface area contributed by atoms with Gasteiger partial charge in [-0.1, -0.05) is 18.6 Å². The number of ether oxygens (including phenoxy) is 1. The Kier molecular flexibility index (Phi) is 4.46. The summed E-state index contributed by atoms with van der Waals surface area (Å²) in [6.45, 7) is 0. The van der Waals surface area contributed by atoms with Crippen LogP contribution in [-0.4, -0.2) is 13.1 Å². The molecule has 0 bridgehead atoms. The van der Waals surface area contributed by atoms with Crippen molar-refractivity contribution in [3.05, 3.63) is 35.4 Å². The third-order valence-electron chi connectivity index (χ3n) is 2.91. The normalized spacial score (nSPS) is 14.2. The van der Waals surface area contributed by atoms with Crippen LogP contribution in [0.2, 0.25) is 0 Å². The fourth-order valence-corrected chi connectivity index (χ4v) is 1.75. The summed E-state index contributed by atoms with van der Waals surface area (Å²) in [5, 5.41) is 12.0. The van der Waals surface area contributed by atoms with E-state index in [2.05, 4.69) is 4.74 Å². The molecule has 1 aromatic rings. The highest BCUT2D eigenvalue weighted by atomic mass is 16.5. The average molecular weight is 218 g/mol. The van der Waals surface area contributed by atoms with Gasteiger partial charge in [-0.05, 0) is 36.5 Å². The molecule has 0 N–H and O–H groups in total. The number of carbonyl (C=O) groups is 1. The van der Waals surface area contributed by atoms with Crippen LogP contribution in [0.25, 0.3) is 0 Å². The molecule has 1 saturated carbocycles. The van der Waals surface area contributed by atoms with Crippen LogP contribution in [-0.2, 0) is 4.74 Å². The summed E-state index contributed by atoms with van der Waals surface area (Å²) >= 11 is 0. The van der Waals surface area contributed by atoms with Gasteiger partial charge in [0, 0.05) is 10.8 Å². The Morgan fingerprint density at radius 2 is 1.81 bits per heavy atom. The second-order valence-electron chi connectivity index (χ2n) is 3.74. The molecule has 1 fully saturated rings. The summed E-state index contributed by atoms with van der Waals surface area (Å²) in [7, 11) is 1.40. The van der Waals surface area contributed by atoms with Gasteiger partial charge in [0.15, 0.2) is 0 Å². The maximum absolute atomic E-state index is 11.2. The van der Waals surface area contributed by atoms with E-state index < -0.39 is 0 Å². The van der Waals surface area contributed by atoms with E-state index in [-0.39, 0.29) is 5.97 Å². The molecule has 0 heterocycles. The number of methoxy groups -OCH3 is 1. The topological polar surface area (TPSA) is 73.9 Å². The molecule has 4 heteroatoms. The van der Waals surface area contributed by atoms with Gasteiger partial charge in [-0.25, -0.2) is 4.79 Å². The third-order valence-corrected chi connectivity index (χ3v) is 2.91. The van der Waals surface area contributed by atoms with Crippen molar-refractivity contribution in [2.24, 2.45) is 0 Å². The molecule has 0 radical (unpaired) electrons. The standard InChI is InChI=1S/C12H14O2.N2/c1-14-12(13)11-7-5-10(6-8-11)9-3-2-4-9;1-2/h5-9H,2-4H2,1H3;. The fourth-order valence-electron chi connectivity index (χ4n) is 1.75. The van der Waals surface area contributed by atoms with Gasteiger partial charge in [0.1, 0.15) is 0 Å². The van der Waals surface area contributed by atoms with Crippen LogP contribution in [0.5, 0.6) is 0 Å². The predicted molar refractivity (Wildman–Crippen MR) is 57.8 cm³/mol. The predicted octanol–water partition coefficient (Wildman–Crippen LogP) is 2.77. The first kappa shape index (κ1) is 12.2. The Bertz CT molecular complexity index is 366. The lowest BCUT2D eigenvalue weighted by molar-refractivity contribution is 0.0600. The van der Waals surface area contributed by atoms with E-state index in [1.165, 1.54) is 31.9 Å². The molecule has 0 saturated heterocycles. The minimum absolute atomic E-state index is 0.259. The first-order valence-corrected chi connectivity index (χ1v) is 5.19. The Hall–Kier alpha value is -1.89. The fraction of sp³-hybridized carbons (Fsp3) is 0.417. The number of hydrogen-bond acceptors (Lipinski definition) is 4. The van der Waals surface area contributed by atoms with E-state index in [1.807, 2.05) is 24.3 Å². The highest BCUT2D eigenvalue weighted by Gasteiger charge is 2.19. The molecule has 2 rings (SSSR count). The van der Waals surface area contributed by atoms with Gasteiger partial charge in [-0.3, -0.25) is 0 Å². The Balaban J connectivity index is 0.000000606. The summed E-state index contributed by atoms with van der Waals surface area (Å²) in [6.07, 6.45) is 3.92. The highest BCUT2D eigenvalue weighted by molar-refractivity contribution is 5.89. The molecule has 0 amide bonds. The van der Waals surface area contributed by atoms with Gasteiger partial charge in [-0.2, -0.15) is 0 Å². The molecule has 0 unspecified atom stereocenters. The number of rotatable bonds is 2. The molecular formula is C12H14N2O2. The molecular weight excluding hydrogens is 204 g/mol. The summed E-state index contributed by atoms with van der Waals surface area (Å²) in [6, 6.07) is 7.77. The van der Waals surface area contributed by atoms with Crippen molar-refractivity contribution in [3.63, 3.8) is 0 Å². The van der Waals surface area contributed by atoms with Gasteiger partial charge >= 0.3 is 5.97 Å². The van der Waals surface area contributed by atoms with Crippen LogP contribution >= 0.6 is 0 Å². The summed E-state index contributed by atoms with van der Waals surface area (Å²) in [5.41, 5.74) is 1.99. The molecule has 1 aromatic carbocycles. The minimum Gasteiger partial charge on any atom is -0.465 e. The zero-order valence-corrected chi connectivity index (χ0v) is 9.22. The van der Waals surface area contributed by atoms with Crippen molar-refractivity contribution in [3.8, 4) is 0 Å². The Morgan fingerprint density at radius 3 is 2.19 bits per heavy atom. The van der Waals surface area contributed by atoms with Crippen LogP contribution in [0.3, 0.4) is 0 Å². The van der Waals surface area contributed by atoms with Gasteiger partial charge in [0.2, 0.25) is 0 Å². The molecule has 0 atom stereocenters. The molecule has 1 aliphatic carbocycles. The third kappa shape index (κ3) is 2.57. The molecule has 16 heavy (non-hydrogen) atoms. The Labute approximate surface area is 94.6 Å². The van der Waals surface area contributed by atoms with Crippen molar-refractivity contribution >= 4 is 5.97 Å². The molecule has 84 valence electrons. The number of carbonyl (C=O) groups excluding carboxylic acids is 1. The molecule has 0 spiro atoms. The van der Waals surface area contributed by atoms with E-state index in [4.69, 9.17) is 10.8 Å². The quantitative estimate of drug-likeness (QED) is 0.565. The van der Waals surface area contributed by atoms with Crippen molar-refractivity contribution < 1.29 is 9.53 Å². The largest absolute Gasteiger partial charge is 0.465 e. The van der Waals surface area contributed by atoms with Crippen LogP contribution in [0.15, 0.2) is 24.3 Å². The van der Waals surface area contributed by atoms with E-state index in [0.29, 0.717) is 5.56 Å². The van der Waals surface area contributed by atoms with Crippen molar-refractivity contribution in [1.29, 1.82) is 10.8 Å². The van der Waals surface area contributed by atoms with Gasteiger partial charge in [0.25, 0.3) is 0 Å². The highest BCUT2D eigenvalue weighted by Crippen LogP contribution is 2.36. The lowest BCUT2D eigenvalue weighted by Gasteiger charge is -2.25. The minimum atomic E-state index is -0.259. The smallest absolute Gasteiger partial charge is 0.337 e. The van der Waals surface area contributed by atoms with Crippen molar-refractivity contribution in [2.45, 2.75) is 25.2 Å². The molecule has 0 aliphatic heterocycles. The van der Waals surface area contributed by atoms with E-state index in [0.717, 1.165) is 5.92 Å². The van der Waals surface area contributed by atoms with Crippen LogP contribution in [0, 0.1) is 10.8 Å². The Morgan fingerprint density at radius 1 is 1.25 bits per heavy atom. The van der Waals surface area contributed by atoms with Crippen molar-refractivity contribution in [1.82, 2.24) is 0 Å². The van der Waals surface area contributed by atoms with Crippen LogP contribution < -0.4 is 0 Å². The monoisotopic (exact) mass is 218 g/mol. The van der Waals surface area contributed by atoms with Gasteiger partial charge in [-0.15, -0.1) is 0 Å². The van der Waals surface area contributed by atoms with Gasteiger partial charge < -0.3 is 4.74 Å². The lowest BCUT2D eigenvalue weighted by Crippen LogP contribution is -2.09. The molecule has 4 nitrogen and oxygen atoms in total. The average Bonchev–Trinajstić information content (AvgIpc) is 2.29. The number of benzene rings is 1. The number of hydrogen-bond donors (Lipinski definition) is 0. The first-order chi connectivity index (χ1) is 7.81. The van der Waals surface area contributed by atoms with E-state index >= 15 is 0 Å². The van der Waals surface area contributed by atoms with Crippen LogP contribution in [0.1, 0.15) is 41.1 Å². The SMILES string of the molecule is COC(=O)c1ccc(C2CCC2)cc1.N#N. The van der Waals surface area contributed by atoms with E-state index in [9.17, 15) is 4.79 Å². The maximum atomic E-state index is 11.2. The zero-order chi connectivity index (χ0) is 12.0. The van der Waals surface area contributed by atoms with E-state index in [1.54, 1.807) is 0 Å². The summed E-state index contributed by atoms with van der Waals surface area (Å²) in [5.74, 6) is 0.465. The summed E-state index contributed by atoms with van der Waals surface area (Å²) < 4.78 is 4.64. The second kappa shape index (κ2) is 5.86. The maximum Gasteiger partial charge on any atom is 0.337 e. The molecule has 0 aromatic heterocycles. The number of nitrogens with zero attached hydrogens (tertiary/aromatic N) is 2. The number of esters is 1. The second-order valence-corrected chi connectivity index (χ2v) is 3.74. The van der Waals surface area contributed by atoms with Gasteiger partial charge in [0.05, 0.1) is 12.7 Å². The zero-order valence-electron chi connectivity index (χ0n) is 9.22. The van der Waals surface area contributed by atoms with Crippen LogP contribution in [0.4, 0.5) is 0 Å². The summed E-state index contributed by atoms with van der Waals surface area (Å²) in [4.78, 5) is 11.2. The molecule has 1 aliphatic rings. The lowest BCUT2D eigenvalue weighted by atomic mass is 9.80. The first-order valence-electron chi connectivity index (χ1n) is 5.19.